The Morgan fingerprint density at radius 2 is 2.36 bits per heavy atom. The molecule has 25 heavy (non-hydrogen) atoms. The zero-order valence-electron chi connectivity index (χ0n) is 14.9. The Bertz CT molecular complexity index is 775. The minimum atomic E-state index is 0.106. The molecule has 2 N–H and O–H groups in total. The maximum atomic E-state index is 12.2. The van der Waals surface area contributed by atoms with Crippen molar-refractivity contribution in [3.63, 3.8) is 0 Å². The molecule has 0 unspecified atom stereocenters. The summed E-state index contributed by atoms with van der Waals surface area (Å²) in [4.78, 5) is 12.2. The first-order valence-corrected chi connectivity index (χ1v) is 9.41. The molecule has 1 amide bonds. The molecule has 5 nitrogen and oxygen atoms in total. The van der Waals surface area contributed by atoms with Gasteiger partial charge in [0, 0.05) is 43.2 Å². The van der Waals surface area contributed by atoms with Crippen molar-refractivity contribution in [1.29, 1.82) is 0 Å². The minimum Gasteiger partial charge on any atom is -0.378 e. The molecule has 0 saturated carbocycles. The van der Waals surface area contributed by atoms with E-state index < -0.39 is 0 Å². The zero-order valence-corrected chi connectivity index (χ0v) is 14.9. The molecular weight excluding hydrogens is 314 g/mol. The summed E-state index contributed by atoms with van der Waals surface area (Å²) < 4.78 is 7.87. The van der Waals surface area contributed by atoms with Crippen LogP contribution in [-0.2, 0) is 28.9 Å². The Balaban J connectivity index is 1.41. The number of para-hydroxylation sites is 1. The van der Waals surface area contributed by atoms with Gasteiger partial charge < -0.3 is 19.9 Å². The number of carbonyl (C=O) groups is 1. The molecule has 1 fully saturated rings. The number of hydrogen-bond acceptors (Lipinski definition) is 3. The highest BCUT2D eigenvalue weighted by Gasteiger charge is 2.20. The number of aromatic nitrogens is 1. The van der Waals surface area contributed by atoms with Crippen LogP contribution >= 0.6 is 0 Å². The van der Waals surface area contributed by atoms with Gasteiger partial charge in [-0.1, -0.05) is 18.2 Å². The second-order valence-corrected chi connectivity index (χ2v) is 7.16. The van der Waals surface area contributed by atoms with Gasteiger partial charge in [-0.3, -0.25) is 4.79 Å². The van der Waals surface area contributed by atoms with E-state index in [4.69, 9.17) is 4.74 Å². The Morgan fingerprint density at radius 1 is 1.44 bits per heavy atom. The predicted molar refractivity (Wildman–Crippen MR) is 98.9 cm³/mol. The van der Waals surface area contributed by atoms with Crippen molar-refractivity contribution in [3.05, 3.63) is 35.0 Å². The highest BCUT2D eigenvalue weighted by Crippen LogP contribution is 2.32. The van der Waals surface area contributed by atoms with E-state index in [0.29, 0.717) is 19.6 Å². The molecule has 134 valence electrons. The van der Waals surface area contributed by atoms with Crippen LogP contribution in [0.15, 0.2) is 18.2 Å². The molecule has 2 aliphatic rings. The van der Waals surface area contributed by atoms with Crippen LogP contribution < -0.4 is 10.6 Å². The van der Waals surface area contributed by atoms with Gasteiger partial charge in [-0.15, -0.1) is 0 Å². The SMILES string of the molecule is Cc1c(CCNC(=O)C[C@H]2COCCN2)c2cccc3c2n1CCC3. The van der Waals surface area contributed by atoms with Crippen LogP contribution in [0.5, 0.6) is 0 Å². The molecule has 4 rings (SSSR count). The number of benzene rings is 1. The summed E-state index contributed by atoms with van der Waals surface area (Å²) in [5.41, 5.74) is 5.62. The number of aryl methyl sites for hydroxylation is 2. The molecule has 0 spiro atoms. The van der Waals surface area contributed by atoms with Crippen LogP contribution in [0.4, 0.5) is 0 Å². The molecule has 3 heterocycles. The topological polar surface area (TPSA) is 55.3 Å². The van der Waals surface area contributed by atoms with Crippen LogP contribution in [0.2, 0.25) is 0 Å². The van der Waals surface area contributed by atoms with E-state index in [-0.39, 0.29) is 11.9 Å². The van der Waals surface area contributed by atoms with Gasteiger partial charge >= 0.3 is 0 Å². The first-order chi connectivity index (χ1) is 12.2. The summed E-state index contributed by atoms with van der Waals surface area (Å²) >= 11 is 0. The standard InChI is InChI=1S/C20H27N3O2/c1-14-17(7-8-22-19(24)12-16-13-25-11-9-21-16)18-6-2-4-15-5-3-10-23(14)20(15)18/h2,4,6,16,21H,3,5,7-13H2,1H3,(H,22,24)/t16-/m0/s1. The van der Waals surface area contributed by atoms with E-state index in [2.05, 4.69) is 40.3 Å². The lowest BCUT2D eigenvalue weighted by Crippen LogP contribution is -2.44. The third-order valence-electron chi connectivity index (χ3n) is 5.51. The largest absolute Gasteiger partial charge is 0.378 e. The molecule has 0 radical (unpaired) electrons. The van der Waals surface area contributed by atoms with Crippen molar-refractivity contribution < 1.29 is 9.53 Å². The highest BCUT2D eigenvalue weighted by atomic mass is 16.5. The number of amides is 1. The molecule has 2 aliphatic heterocycles. The summed E-state index contributed by atoms with van der Waals surface area (Å²) in [5, 5.41) is 7.78. The lowest BCUT2D eigenvalue weighted by molar-refractivity contribution is -0.122. The van der Waals surface area contributed by atoms with Crippen molar-refractivity contribution in [2.75, 3.05) is 26.3 Å². The second-order valence-electron chi connectivity index (χ2n) is 7.16. The van der Waals surface area contributed by atoms with Gasteiger partial charge in [-0.2, -0.15) is 0 Å². The van der Waals surface area contributed by atoms with Crippen LogP contribution in [-0.4, -0.2) is 42.8 Å². The lowest BCUT2D eigenvalue weighted by atomic mass is 10.0. The Kier molecular flexibility index (Phi) is 4.77. The number of nitrogens with zero attached hydrogens (tertiary/aromatic N) is 1. The molecule has 1 saturated heterocycles. The Hall–Kier alpha value is -1.85. The maximum absolute atomic E-state index is 12.2. The number of rotatable bonds is 5. The quantitative estimate of drug-likeness (QED) is 0.874. The van der Waals surface area contributed by atoms with Crippen molar-refractivity contribution in [3.8, 4) is 0 Å². The third-order valence-corrected chi connectivity index (χ3v) is 5.51. The van der Waals surface area contributed by atoms with E-state index in [0.717, 1.165) is 26.1 Å². The summed E-state index contributed by atoms with van der Waals surface area (Å²) in [7, 11) is 0. The summed E-state index contributed by atoms with van der Waals surface area (Å²) in [6.07, 6.45) is 3.77. The van der Waals surface area contributed by atoms with Crippen molar-refractivity contribution in [2.45, 2.75) is 45.2 Å². The number of ether oxygens (including phenoxy) is 1. The molecule has 0 bridgehead atoms. The molecule has 2 aromatic rings. The minimum absolute atomic E-state index is 0.106. The first kappa shape index (κ1) is 16.6. The highest BCUT2D eigenvalue weighted by molar-refractivity contribution is 5.88. The van der Waals surface area contributed by atoms with Gasteiger partial charge in [0.1, 0.15) is 0 Å². The zero-order chi connectivity index (χ0) is 17.2. The van der Waals surface area contributed by atoms with Crippen molar-refractivity contribution in [1.82, 2.24) is 15.2 Å². The van der Waals surface area contributed by atoms with Gasteiger partial charge in [0.15, 0.2) is 0 Å². The van der Waals surface area contributed by atoms with Gasteiger partial charge in [0.25, 0.3) is 0 Å². The average Bonchev–Trinajstić information content (AvgIpc) is 2.91. The van der Waals surface area contributed by atoms with Crippen LogP contribution in [0, 0.1) is 6.92 Å². The van der Waals surface area contributed by atoms with E-state index in [1.165, 1.54) is 40.6 Å². The molecule has 1 atom stereocenters. The van der Waals surface area contributed by atoms with E-state index in [1.807, 2.05) is 0 Å². The summed E-state index contributed by atoms with van der Waals surface area (Å²) in [6.45, 7) is 6.22. The first-order valence-electron chi connectivity index (χ1n) is 9.41. The van der Waals surface area contributed by atoms with Gasteiger partial charge in [0.2, 0.25) is 5.91 Å². The third kappa shape index (κ3) is 3.31. The van der Waals surface area contributed by atoms with E-state index >= 15 is 0 Å². The van der Waals surface area contributed by atoms with Crippen molar-refractivity contribution in [2.24, 2.45) is 0 Å². The molecule has 1 aromatic heterocycles. The monoisotopic (exact) mass is 341 g/mol. The van der Waals surface area contributed by atoms with Gasteiger partial charge in [-0.05, 0) is 37.3 Å². The van der Waals surface area contributed by atoms with E-state index in [1.54, 1.807) is 0 Å². The summed E-state index contributed by atoms with van der Waals surface area (Å²) in [6, 6.07) is 6.80. The molecule has 5 heteroatoms. The summed E-state index contributed by atoms with van der Waals surface area (Å²) in [5.74, 6) is 0.106. The smallest absolute Gasteiger partial charge is 0.221 e. The Labute approximate surface area is 148 Å². The fraction of sp³-hybridized carbons (Fsp3) is 0.550. The predicted octanol–water partition coefficient (Wildman–Crippen LogP) is 1.93. The number of nitrogens with one attached hydrogen (secondary N) is 2. The normalized spacial score (nSPS) is 20.0. The number of morpholine rings is 1. The second kappa shape index (κ2) is 7.18. The van der Waals surface area contributed by atoms with Gasteiger partial charge in [-0.25, -0.2) is 0 Å². The van der Waals surface area contributed by atoms with Gasteiger partial charge in [0.05, 0.1) is 18.7 Å². The lowest BCUT2D eigenvalue weighted by Gasteiger charge is -2.23. The number of hydrogen-bond donors (Lipinski definition) is 2. The fourth-order valence-electron chi connectivity index (χ4n) is 4.28. The van der Waals surface area contributed by atoms with Crippen molar-refractivity contribution >= 4 is 16.8 Å². The average molecular weight is 341 g/mol. The molecule has 1 aromatic carbocycles. The van der Waals surface area contributed by atoms with Crippen LogP contribution in [0.25, 0.3) is 10.9 Å². The Morgan fingerprint density at radius 3 is 3.20 bits per heavy atom. The molecule has 0 aliphatic carbocycles. The molecular formula is C20H27N3O2. The van der Waals surface area contributed by atoms with Crippen LogP contribution in [0.3, 0.4) is 0 Å². The van der Waals surface area contributed by atoms with E-state index in [9.17, 15) is 4.79 Å². The number of carbonyl (C=O) groups excluding carboxylic acids is 1. The maximum Gasteiger partial charge on any atom is 0.221 e. The van der Waals surface area contributed by atoms with Crippen LogP contribution in [0.1, 0.15) is 29.7 Å². The fourth-order valence-corrected chi connectivity index (χ4v) is 4.28.